The van der Waals surface area contributed by atoms with Gasteiger partial charge in [-0.3, -0.25) is 14.3 Å². The van der Waals surface area contributed by atoms with E-state index in [1.807, 2.05) is 23.7 Å². The van der Waals surface area contributed by atoms with Gasteiger partial charge in [-0.25, -0.2) is 0 Å². The van der Waals surface area contributed by atoms with Crippen LogP contribution in [0.3, 0.4) is 0 Å². The molecule has 0 aliphatic heterocycles. The molecule has 2 amide bonds. The Labute approximate surface area is 150 Å². The number of nitrogens with zero attached hydrogens (tertiary/aromatic N) is 2. The maximum Gasteiger partial charge on any atom is 0.287 e. The van der Waals surface area contributed by atoms with Crippen molar-refractivity contribution >= 4 is 33.7 Å². The highest BCUT2D eigenvalue weighted by atomic mass is 16.3. The average molecular weight is 357 g/mol. The largest absolute Gasteiger partial charge is 0.451 e. The normalized spacial score (nSPS) is 12.4. The van der Waals surface area contributed by atoms with Crippen molar-refractivity contribution < 1.29 is 14.0 Å². The number of nitrogens with one attached hydrogen (secondary N) is 2. The molecule has 0 aliphatic carbocycles. The molecule has 3 aromatic rings. The molecule has 2 heterocycles. The fraction of sp³-hybridized carbons (Fsp3) is 0.389. The third-order valence-corrected chi connectivity index (χ3v) is 4.00. The summed E-state index contributed by atoms with van der Waals surface area (Å²) in [6.45, 7) is 4.94. The number of amides is 2. The SMILES string of the molecule is CC(=O)NCCCNC(=O)c1cc2c(ccc3cnn(C[C@H](C)N)c32)o1. The number of carbonyl (C=O) groups is 2. The number of fused-ring (bicyclic) bond motifs is 3. The van der Waals surface area contributed by atoms with E-state index in [1.54, 1.807) is 12.3 Å². The highest BCUT2D eigenvalue weighted by molar-refractivity contribution is 6.06. The lowest BCUT2D eigenvalue weighted by Gasteiger charge is -2.06. The summed E-state index contributed by atoms with van der Waals surface area (Å²) in [5.41, 5.74) is 7.44. The highest BCUT2D eigenvalue weighted by Gasteiger charge is 2.16. The monoisotopic (exact) mass is 357 g/mol. The van der Waals surface area contributed by atoms with Crippen molar-refractivity contribution in [3.05, 3.63) is 30.2 Å². The number of rotatable bonds is 7. The molecule has 1 aromatic carbocycles. The van der Waals surface area contributed by atoms with Gasteiger partial charge in [-0.05, 0) is 31.5 Å². The third kappa shape index (κ3) is 3.85. The molecule has 0 spiro atoms. The van der Waals surface area contributed by atoms with E-state index < -0.39 is 0 Å². The van der Waals surface area contributed by atoms with E-state index in [4.69, 9.17) is 10.2 Å². The molecule has 0 saturated heterocycles. The second kappa shape index (κ2) is 7.57. The summed E-state index contributed by atoms with van der Waals surface area (Å²) < 4.78 is 7.55. The third-order valence-electron chi connectivity index (χ3n) is 4.00. The summed E-state index contributed by atoms with van der Waals surface area (Å²) in [5.74, 6) is -0.114. The summed E-state index contributed by atoms with van der Waals surface area (Å²) >= 11 is 0. The van der Waals surface area contributed by atoms with Crippen molar-refractivity contribution in [1.29, 1.82) is 0 Å². The number of furan rings is 1. The Morgan fingerprint density at radius 1 is 1.31 bits per heavy atom. The molecular formula is C18H23N5O3. The van der Waals surface area contributed by atoms with Gasteiger partial charge in [0.05, 0.1) is 18.3 Å². The van der Waals surface area contributed by atoms with Crippen molar-refractivity contribution in [2.75, 3.05) is 13.1 Å². The highest BCUT2D eigenvalue weighted by Crippen LogP contribution is 2.28. The Morgan fingerprint density at radius 2 is 2.08 bits per heavy atom. The minimum absolute atomic E-state index is 0.0355. The average Bonchev–Trinajstić information content (AvgIpc) is 3.17. The smallest absolute Gasteiger partial charge is 0.287 e. The van der Waals surface area contributed by atoms with Gasteiger partial charge < -0.3 is 20.8 Å². The number of benzene rings is 1. The molecule has 4 N–H and O–H groups in total. The molecular weight excluding hydrogens is 334 g/mol. The Morgan fingerprint density at radius 3 is 2.81 bits per heavy atom. The van der Waals surface area contributed by atoms with Crippen LogP contribution in [0.1, 0.15) is 30.8 Å². The van der Waals surface area contributed by atoms with Gasteiger partial charge in [0.1, 0.15) is 5.58 Å². The Hall–Kier alpha value is -2.87. The van der Waals surface area contributed by atoms with Crippen LogP contribution in [0.15, 0.2) is 28.8 Å². The molecule has 0 saturated carbocycles. The lowest BCUT2D eigenvalue weighted by atomic mass is 10.2. The van der Waals surface area contributed by atoms with E-state index in [1.165, 1.54) is 6.92 Å². The van der Waals surface area contributed by atoms with Gasteiger partial charge >= 0.3 is 0 Å². The van der Waals surface area contributed by atoms with Gasteiger partial charge in [0, 0.05) is 36.8 Å². The molecule has 0 aliphatic rings. The lowest BCUT2D eigenvalue weighted by Crippen LogP contribution is -2.28. The number of hydrogen-bond acceptors (Lipinski definition) is 5. The van der Waals surface area contributed by atoms with Gasteiger partial charge in [-0.15, -0.1) is 0 Å². The van der Waals surface area contributed by atoms with E-state index in [2.05, 4.69) is 15.7 Å². The zero-order valence-electron chi connectivity index (χ0n) is 14.9. The molecule has 138 valence electrons. The van der Waals surface area contributed by atoms with Crippen LogP contribution < -0.4 is 16.4 Å². The van der Waals surface area contributed by atoms with Crippen molar-refractivity contribution in [2.24, 2.45) is 5.73 Å². The quantitative estimate of drug-likeness (QED) is 0.553. The summed E-state index contributed by atoms with van der Waals surface area (Å²) in [6, 6.07) is 5.45. The van der Waals surface area contributed by atoms with Crippen LogP contribution in [-0.4, -0.2) is 40.7 Å². The van der Waals surface area contributed by atoms with Gasteiger partial charge in [0.2, 0.25) is 5.91 Å². The molecule has 3 rings (SSSR count). The van der Waals surface area contributed by atoms with Crippen molar-refractivity contribution in [3.63, 3.8) is 0 Å². The minimum Gasteiger partial charge on any atom is -0.451 e. The van der Waals surface area contributed by atoms with Crippen LogP contribution in [-0.2, 0) is 11.3 Å². The van der Waals surface area contributed by atoms with Crippen LogP contribution in [0.25, 0.3) is 21.9 Å². The van der Waals surface area contributed by atoms with Gasteiger partial charge in [0.15, 0.2) is 5.76 Å². The zero-order chi connectivity index (χ0) is 18.7. The maximum atomic E-state index is 12.3. The molecule has 0 unspecified atom stereocenters. The minimum atomic E-state index is -0.282. The van der Waals surface area contributed by atoms with Crippen LogP contribution in [0.5, 0.6) is 0 Å². The van der Waals surface area contributed by atoms with E-state index in [9.17, 15) is 9.59 Å². The number of carbonyl (C=O) groups excluding carboxylic acids is 2. The number of hydrogen-bond donors (Lipinski definition) is 3. The zero-order valence-corrected chi connectivity index (χ0v) is 14.9. The molecule has 0 fully saturated rings. The van der Waals surface area contributed by atoms with Crippen LogP contribution >= 0.6 is 0 Å². The molecule has 8 heteroatoms. The van der Waals surface area contributed by atoms with Gasteiger partial charge in [-0.1, -0.05) is 0 Å². The maximum absolute atomic E-state index is 12.3. The van der Waals surface area contributed by atoms with E-state index in [0.29, 0.717) is 31.6 Å². The molecule has 0 bridgehead atoms. The first kappa shape index (κ1) is 17.9. The van der Waals surface area contributed by atoms with E-state index in [-0.39, 0.29) is 23.6 Å². The molecule has 8 nitrogen and oxygen atoms in total. The standard InChI is InChI=1S/C18H23N5O3/c1-11(19)10-23-17-13(9-22-23)4-5-15-14(17)8-16(26-15)18(25)21-7-3-6-20-12(2)24/h4-5,8-9,11H,3,6-7,10,19H2,1-2H3,(H,20,24)(H,21,25)/t11-/m0/s1. The first-order valence-corrected chi connectivity index (χ1v) is 8.62. The predicted octanol–water partition coefficient (Wildman–Crippen LogP) is 1.39. The van der Waals surface area contributed by atoms with Crippen LogP contribution in [0.4, 0.5) is 0 Å². The second-order valence-electron chi connectivity index (χ2n) is 6.42. The van der Waals surface area contributed by atoms with Gasteiger partial charge in [-0.2, -0.15) is 5.10 Å². The molecule has 0 radical (unpaired) electrons. The first-order chi connectivity index (χ1) is 12.5. The first-order valence-electron chi connectivity index (χ1n) is 8.62. The van der Waals surface area contributed by atoms with Crippen LogP contribution in [0, 0.1) is 0 Å². The summed E-state index contributed by atoms with van der Waals surface area (Å²) in [7, 11) is 0. The van der Waals surface area contributed by atoms with Crippen molar-refractivity contribution in [3.8, 4) is 0 Å². The lowest BCUT2D eigenvalue weighted by molar-refractivity contribution is -0.118. The summed E-state index contributed by atoms with van der Waals surface area (Å²) in [4.78, 5) is 23.1. The van der Waals surface area contributed by atoms with E-state index in [0.717, 1.165) is 16.3 Å². The number of aromatic nitrogens is 2. The fourth-order valence-electron chi connectivity index (χ4n) is 2.86. The predicted molar refractivity (Wildman–Crippen MR) is 98.8 cm³/mol. The van der Waals surface area contributed by atoms with Gasteiger partial charge in [0.25, 0.3) is 5.91 Å². The second-order valence-corrected chi connectivity index (χ2v) is 6.42. The Balaban J connectivity index is 1.78. The Kier molecular flexibility index (Phi) is 5.22. The summed E-state index contributed by atoms with van der Waals surface area (Å²) in [5, 5.41) is 11.7. The van der Waals surface area contributed by atoms with Crippen LogP contribution in [0.2, 0.25) is 0 Å². The van der Waals surface area contributed by atoms with Crippen molar-refractivity contribution in [1.82, 2.24) is 20.4 Å². The molecule has 2 aromatic heterocycles. The Bertz CT molecular complexity index is 941. The van der Waals surface area contributed by atoms with Crippen molar-refractivity contribution in [2.45, 2.75) is 32.9 Å². The fourth-order valence-corrected chi connectivity index (χ4v) is 2.86. The summed E-state index contributed by atoms with van der Waals surface area (Å²) in [6.07, 6.45) is 2.43. The van der Waals surface area contributed by atoms with E-state index >= 15 is 0 Å². The molecule has 1 atom stereocenters. The topological polar surface area (TPSA) is 115 Å². The molecule has 26 heavy (non-hydrogen) atoms. The number of nitrogens with two attached hydrogens (primary N) is 1.